The highest BCUT2D eigenvalue weighted by Crippen LogP contribution is 2.30. The predicted octanol–water partition coefficient (Wildman–Crippen LogP) is 4.55. The van der Waals surface area contributed by atoms with Crippen LogP contribution >= 0.6 is 11.8 Å². The molecule has 0 spiro atoms. The molecule has 0 fully saturated rings. The van der Waals surface area contributed by atoms with Gasteiger partial charge in [0.2, 0.25) is 0 Å². The van der Waals surface area contributed by atoms with Gasteiger partial charge in [0.15, 0.2) is 5.96 Å². The summed E-state index contributed by atoms with van der Waals surface area (Å²) in [6.45, 7) is 0. The Hall–Kier alpha value is -3.53. The van der Waals surface area contributed by atoms with Crippen molar-refractivity contribution in [3.8, 4) is 0 Å². The highest BCUT2D eigenvalue weighted by Gasteiger charge is 2.30. The molecule has 0 aliphatic heterocycles. The number of aliphatic imine (C=N–C) groups is 1. The fourth-order valence-electron chi connectivity index (χ4n) is 2.51. The van der Waals surface area contributed by atoms with Gasteiger partial charge in [-0.05, 0) is 54.1 Å². The van der Waals surface area contributed by atoms with Crippen molar-refractivity contribution in [1.82, 2.24) is 4.98 Å². The van der Waals surface area contributed by atoms with Crippen molar-refractivity contribution in [1.29, 1.82) is 0 Å². The third kappa shape index (κ3) is 6.48. The third-order valence-corrected chi connectivity index (χ3v) is 5.06. The van der Waals surface area contributed by atoms with Gasteiger partial charge < -0.3 is 16.8 Å². The zero-order valence-corrected chi connectivity index (χ0v) is 16.9. The van der Waals surface area contributed by atoms with Crippen LogP contribution in [0.5, 0.6) is 0 Å². The molecule has 0 unspecified atom stereocenters. The molecular weight excluding hydrogens is 427 g/mol. The van der Waals surface area contributed by atoms with Crippen LogP contribution in [0.4, 0.5) is 24.5 Å². The second kappa shape index (κ2) is 9.52. The fourth-order valence-corrected chi connectivity index (χ4v) is 3.31. The molecule has 3 aromatic rings. The number of nitrogens with one attached hydrogen (secondary N) is 1. The zero-order valence-electron chi connectivity index (χ0n) is 16.1. The number of amides is 1. The number of nitrogens with zero attached hydrogens (tertiary/aromatic N) is 2. The second-order valence-electron chi connectivity index (χ2n) is 6.41. The van der Waals surface area contributed by atoms with E-state index in [0.717, 1.165) is 17.8 Å². The molecule has 1 amide bonds. The van der Waals surface area contributed by atoms with Crippen LogP contribution in [0.3, 0.4) is 0 Å². The zero-order chi connectivity index (χ0) is 22.4. The summed E-state index contributed by atoms with van der Waals surface area (Å²) in [5.74, 6) is 0.177. The molecule has 0 aliphatic carbocycles. The van der Waals surface area contributed by atoms with Crippen molar-refractivity contribution in [2.75, 3.05) is 5.32 Å². The summed E-state index contributed by atoms with van der Waals surface area (Å²) < 4.78 is 37.7. The molecule has 2 aromatic carbocycles. The number of benzene rings is 2. The van der Waals surface area contributed by atoms with Crippen LogP contribution < -0.4 is 16.8 Å². The van der Waals surface area contributed by atoms with Crippen LogP contribution in [0.2, 0.25) is 0 Å². The lowest BCUT2D eigenvalue weighted by Crippen LogP contribution is -2.21. The molecule has 0 saturated heterocycles. The van der Waals surface area contributed by atoms with Gasteiger partial charge in [0.05, 0.1) is 16.3 Å². The number of anilines is 1. The van der Waals surface area contributed by atoms with Gasteiger partial charge in [0, 0.05) is 23.2 Å². The Bertz CT molecular complexity index is 1060. The number of halogens is 3. The van der Waals surface area contributed by atoms with Gasteiger partial charge in [-0.25, -0.2) is 9.98 Å². The summed E-state index contributed by atoms with van der Waals surface area (Å²) in [5.41, 5.74) is 12.4. The minimum absolute atomic E-state index is 0.0652. The first-order valence-corrected chi connectivity index (χ1v) is 9.95. The quantitative estimate of drug-likeness (QED) is 0.293. The fraction of sp³-hybridized carbons (Fsp3) is 0.0952. The van der Waals surface area contributed by atoms with Crippen LogP contribution in [0, 0.1) is 0 Å². The van der Waals surface area contributed by atoms with E-state index in [9.17, 15) is 18.0 Å². The number of rotatable bonds is 6. The standard InChI is InChI=1S/C21H18F3N5OS/c22-21(23,24)15-5-10-18(27-11-15)31-12-13-1-6-16(7-2-13)28-19(30)14-3-8-17(9-4-14)29-20(25)26/h1-11H,12H2,(H,28,30)(H4,25,26,29). The predicted molar refractivity (Wildman–Crippen MR) is 115 cm³/mol. The largest absolute Gasteiger partial charge is 0.417 e. The summed E-state index contributed by atoms with van der Waals surface area (Å²) in [5, 5.41) is 3.28. The maximum atomic E-state index is 12.6. The lowest BCUT2D eigenvalue weighted by Gasteiger charge is -2.08. The number of carbonyl (C=O) groups is 1. The Morgan fingerprint density at radius 1 is 1.00 bits per heavy atom. The summed E-state index contributed by atoms with van der Waals surface area (Å²) in [6.07, 6.45) is -3.57. The average molecular weight is 445 g/mol. The summed E-state index contributed by atoms with van der Waals surface area (Å²) in [6, 6.07) is 16.0. The number of aromatic nitrogens is 1. The summed E-state index contributed by atoms with van der Waals surface area (Å²) in [4.78, 5) is 20.1. The Kier molecular flexibility index (Phi) is 6.81. The maximum Gasteiger partial charge on any atom is 0.417 e. The van der Waals surface area contributed by atoms with E-state index >= 15 is 0 Å². The van der Waals surface area contributed by atoms with Crippen molar-refractivity contribution in [2.45, 2.75) is 17.0 Å². The van der Waals surface area contributed by atoms with E-state index in [0.29, 0.717) is 27.7 Å². The molecular formula is C21H18F3N5OS. The van der Waals surface area contributed by atoms with Gasteiger partial charge in [-0.3, -0.25) is 4.79 Å². The first kappa shape index (κ1) is 22.2. The number of hydrogen-bond acceptors (Lipinski definition) is 4. The van der Waals surface area contributed by atoms with E-state index in [1.807, 2.05) is 12.1 Å². The number of thioether (sulfide) groups is 1. The van der Waals surface area contributed by atoms with E-state index in [2.05, 4.69) is 15.3 Å². The lowest BCUT2D eigenvalue weighted by molar-refractivity contribution is -0.137. The Balaban J connectivity index is 1.55. The van der Waals surface area contributed by atoms with Crippen LogP contribution in [0.15, 0.2) is 76.9 Å². The Morgan fingerprint density at radius 3 is 2.23 bits per heavy atom. The highest BCUT2D eigenvalue weighted by molar-refractivity contribution is 7.98. The van der Waals surface area contributed by atoms with Crippen molar-refractivity contribution >= 4 is 35.0 Å². The van der Waals surface area contributed by atoms with Crippen molar-refractivity contribution in [2.24, 2.45) is 16.5 Å². The van der Waals surface area contributed by atoms with Crippen molar-refractivity contribution in [3.05, 3.63) is 83.6 Å². The first-order valence-electron chi connectivity index (χ1n) is 8.97. The number of guanidine groups is 1. The van der Waals surface area contributed by atoms with Gasteiger partial charge in [0.1, 0.15) is 0 Å². The molecule has 3 rings (SSSR count). The maximum absolute atomic E-state index is 12.6. The normalized spacial score (nSPS) is 11.1. The SMILES string of the molecule is NC(N)=Nc1ccc(C(=O)Nc2ccc(CSc3ccc(C(F)(F)F)cn3)cc2)cc1. The first-order chi connectivity index (χ1) is 14.7. The topological polar surface area (TPSA) is 106 Å². The number of carbonyl (C=O) groups excluding carboxylic acids is 1. The molecule has 10 heteroatoms. The van der Waals surface area contributed by atoms with Crippen LogP contribution in [-0.2, 0) is 11.9 Å². The molecule has 31 heavy (non-hydrogen) atoms. The van der Waals surface area contributed by atoms with Crippen molar-refractivity contribution < 1.29 is 18.0 Å². The number of nitrogens with two attached hydrogens (primary N) is 2. The van der Waals surface area contributed by atoms with E-state index in [4.69, 9.17) is 11.5 Å². The molecule has 0 aliphatic rings. The monoisotopic (exact) mass is 445 g/mol. The molecule has 5 N–H and O–H groups in total. The molecule has 1 aromatic heterocycles. The number of alkyl halides is 3. The molecule has 0 bridgehead atoms. The second-order valence-corrected chi connectivity index (χ2v) is 7.40. The molecule has 0 atom stereocenters. The van der Waals surface area contributed by atoms with E-state index in [1.165, 1.54) is 17.8 Å². The molecule has 6 nitrogen and oxygen atoms in total. The molecule has 0 saturated carbocycles. The third-order valence-electron chi connectivity index (χ3n) is 4.05. The van der Waals surface area contributed by atoms with Crippen LogP contribution in [-0.4, -0.2) is 16.9 Å². The van der Waals surface area contributed by atoms with Gasteiger partial charge in [-0.15, -0.1) is 11.8 Å². The van der Waals surface area contributed by atoms with Gasteiger partial charge in [0.25, 0.3) is 5.91 Å². The van der Waals surface area contributed by atoms with E-state index in [1.54, 1.807) is 36.4 Å². The minimum Gasteiger partial charge on any atom is -0.370 e. The lowest BCUT2D eigenvalue weighted by atomic mass is 10.2. The Labute approximate surface area is 180 Å². The van der Waals surface area contributed by atoms with Crippen molar-refractivity contribution in [3.63, 3.8) is 0 Å². The summed E-state index contributed by atoms with van der Waals surface area (Å²) >= 11 is 1.32. The Morgan fingerprint density at radius 2 is 1.68 bits per heavy atom. The van der Waals surface area contributed by atoms with Gasteiger partial charge in [-0.2, -0.15) is 13.2 Å². The molecule has 1 heterocycles. The average Bonchev–Trinajstić information content (AvgIpc) is 2.73. The van der Waals surface area contributed by atoms with Gasteiger partial charge in [-0.1, -0.05) is 12.1 Å². The molecule has 160 valence electrons. The highest BCUT2D eigenvalue weighted by atomic mass is 32.2. The van der Waals surface area contributed by atoms with Gasteiger partial charge >= 0.3 is 6.18 Å². The van der Waals surface area contributed by atoms with E-state index in [-0.39, 0.29) is 11.9 Å². The molecule has 0 radical (unpaired) electrons. The van der Waals surface area contributed by atoms with Crippen LogP contribution in [0.25, 0.3) is 0 Å². The number of hydrogen-bond donors (Lipinski definition) is 3. The van der Waals surface area contributed by atoms with E-state index < -0.39 is 11.7 Å². The number of pyridine rings is 1. The minimum atomic E-state index is -4.40. The van der Waals surface area contributed by atoms with Crippen LogP contribution in [0.1, 0.15) is 21.5 Å². The summed E-state index contributed by atoms with van der Waals surface area (Å²) in [7, 11) is 0. The smallest absolute Gasteiger partial charge is 0.370 e.